The number of nitrogens with zero attached hydrogens (tertiary/aromatic N) is 2. The monoisotopic (exact) mass is 296 g/mol. The van der Waals surface area contributed by atoms with E-state index < -0.39 is 0 Å². The van der Waals surface area contributed by atoms with E-state index >= 15 is 0 Å². The van der Waals surface area contributed by atoms with Gasteiger partial charge in [-0.2, -0.15) is 0 Å². The average molecular weight is 297 g/mol. The van der Waals surface area contributed by atoms with Gasteiger partial charge in [-0.15, -0.1) is 11.3 Å². The maximum atomic E-state index is 6.18. The molecule has 0 amide bonds. The molecule has 0 N–H and O–H groups in total. The first kappa shape index (κ1) is 12.0. The third-order valence-electron chi connectivity index (χ3n) is 2.80. The van der Waals surface area contributed by atoms with E-state index in [2.05, 4.69) is 9.55 Å². The first-order valence-electron chi connectivity index (χ1n) is 5.48. The number of halogens is 2. The van der Waals surface area contributed by atoms with Crippen LogP contribution in [0.3, 0.4) is 0 Å². The van der Waals surface area contributed by atoms with Gasteiger partial charge in [0.1, 0.15) is 0 Å². The fraction of sp³-hybridized carbons (Fsp3) is 0.154. The highest BCUT2D eigenvalue weighted by atomic mass is 35.5. The predicted octanol–water partition coefficient (Wildman–Crippen LogP) is 4.76. The Bertz CT molecular complexity index is 715. The van der Waals surface area contributed by atoms with Crippen molar-refractivity contribution in [3.05, 3.63) is 50.5 Å². The largest absolute Gasteiger partial charge is 0.342 e. The number of rotatable bonds is 2. The van der Waals surface area contributed by atoms with Crippen LogP contribution in [0.25, 0.3) is 10.9 Å². The molecule has 3 aromatic rings. The molecule has 0 saturated heterocycles. The lowest BCUT2D eigenvalue weighted by molar-refractivity contribution is 0.849. The highest BCUT2D eigenvalue weighted by Crippen LogP contribution is 2.29. The van der Waals surface area contributed by atoms with Gasteiger partial charge in [-0.05, 0) is 25.1 Å². The summed E-state index contributed by atoms with van der Waals surface area (Å²) >= 11 is 13.9. The van der Waals surface area contributed by atoms with Crippen LogP contribution in [0.15, 0.2) is 30.6 Å². The summed E-state index contributed by atoms with van der Waals surface area (Å²) in [5.41, 5.74) is 1.05. The highest BCUT2D eigenvalue weighted by Gasteiger charge is 2.08. The zero-order chi connectivity index (χ0) is 12.7. The van der Waals surface area contributed by atoms with Crippen LogP contribution in [0, 0.1) is 6.92 Å². The molecular weight excluding hydrogens is 287 g/mol. The van der Waals surface area contributed by atoms with Gasteiger partial charge in [-0.3, -0.25) is 0 Å². The van der Waals surface area contributed by atoms with Crippen molar-refractivity contribution in [1.29, 1.82) is 0 Å². The summed E-state index contributed by atoms with van der Waals surface area (Å²) in [6, 6.07) is 5.73. The van der Waals surface area contributed by atoms with Gasteiger partial charge >= 0.3 is 0 Å². The Morgan fingerprint density at radius 3 is 2.89 bits per heavy atom. The van der Waals surface area contributed by atoms with E-state index in [-0.39, 0.29) is 0 Å². The number of benzene rings is 1. The molecule has 2 nitrogen and oxygen atoms in total. The van der Waals surface area contributed by atoms with E-state index in [1.807, 2.05) is 31.5 Å². The van der Waals surface area contributed by atoms with Gasteiger partial charge in [0.05, 0.1) is 22.1 Å². The van der Waals surface area contributed by atoms with Crippen molar-refractivity contribution in [2.24, 2.45) is 0 Å². The first-order valence-corrected chi connectivity index (χ1v) is 7.06. The van der Waals surface area contributed by atoms with Crippen LogP contribution in [-0.4, -0.2) is 9.55 Å². The quantitative estimate of drug-likeness (QED) is 0.666. The number of aromatic nitrogens is 2. The Kier molecular flexibility index (Phi) is 3.06. The molecule has 2 heterocycles. The van der Waals surface area contributed by atoms with Crippen LogP contribution >= 0.6 is 34.5 Å². The molecule has 92 valence electrons. The van der Waals surface area contributed by atoms with Crippen molar-refractivity contribution < 1.29 is 0 Å². The van der Waals surface area contributed by atoms with E-state index in [9.17, 15) is 0 Å². The summed E-state index contributed by atoms with van der Waals surface area (Å²) < 4.78 is 2.14. The average Bonchev–Trinajstić information content (AvgIpc) is 2.87. The molecule has 0 atom stereocenters. The van der Waals surface area contributed by atoms with Crippen molar-refractivity contribution in [3.63, 3.8) is 0 Å². The van der Waals surface area contributed by atoms with Crippen molar-refractivity contribution in [1.82, 2.24) is 9.55 Å². The van der Waals surface area contributed by atoms with Gasteiger partial charge in [0.25, 0.3) is 0 Å². The fourth-order valence-electron chi connectivity index (χ4n) is 2.00. The molecule has 0 aliphatic carbocycles. The van der Waals surface area contributed by atoms with Crippen LogP contribution < -0.4 is 0 Å². The molecule has 0 aliphatic rings. The lowest BCUT2D eigenvalue weighted by Crippen LogP contribution is -1.95. The molecular formula is C13H10Cl2N2S. The van der Waals surface area contributed by atoms with Crippen LogP contribution in [0.2, 0.25) is 10.0 Å². The van der Waals surface area contributed by atoms with E-state index in [0.717, 1.165) is 22.5 Å². The molecule has 0 aliphatic heterocycles. The third-order valence-corrected chi connectivity index (χ3v) is 4.23. The maximum Gasteiger partial charge on any atom is 0.0897 e. The van der Waals surface area contributed by atoms with Gasteiger partial charge in [-0.25, -0.2) is 4.98 Å². The minimum Gasteiger partial charge on any atom is -0.342 e. The summed E-state index contributed by atoms with van der Waals surface area (Å²) in [6.07, 6.45) is 3.94. The van der Waals surface area contributed by atoms with Gasteiger partial charge < -0.3 is 4.57 Å². The topological polar surface area (TPSA) is 17.8 Å². The van der Waals surface area contributed by atoms with Crippen molar-refractivity contribution in [2.45, 2.75) is 13.5 Å². The minimum absolute atomic E-state index is 0.660. The van der Waals surface area contributed by atoms with Gasteiger partial charge in [0.15, 0.2) is 0 Å². The lowest BCUT2D eigenvalue weighted by atomic mass is 10.2. The Morgan fingerprint density at radius 2 is 2.17 bits per heavy atom. The molecule has 0 spiro atoms. The predicted molar refractivity (Wildman–Crippen MR) is 77.9 cm³/mol. The van der Waals surface area contributed by atoms with E-state index in [1.165, 1.54) is 4.88 Å². The minimum atomic E-state index is 0.660. The van der Waals surface area contributed by atoms with E-state index in [1.54, 1.807) is 17.4 Å². The second-order valence-electron chi connectivity index (χ2n) is 4.11. The highest BCUT2D eigenvalue weighted by molar-refractivity contribution is 7.11. The number of fused-ring (bicyclic) bond motifs is 1. The molecule has 5 heteroatoms. The number of thiazole rings is 1. The first-order chi connectivity index (χ1) is 8.63. The molecule has 18 heavy (non-hydrogen) atoms. The normalized spacial score (nSPS) is 11.3. The van der Waals surface area contributed by atoms with E-state index in [0.29, 0.717) is 10.0 Å². The summed E-state index contributed by atoms with van der Waals surface area (Å²) in [5, 5.41) is 3.46. The molecule has 3 rings (SSSR count). The van der Waals surface area contributed by atoms with Crippen molar-refractivity contribution in [2.75, 3.05) is 0 Å². The zero-order valence-electron chi connectivity index (χ0n) is 9.65. The van der Waals surface area contributed by atoms with Crippen LogP contribution in [0.4, 0.5) is 0 Å². The molecule has 0 saturated carbocycles. The Labute approximate surface area is 119 Å². The second-order valence-corrected chi connectivity index (χ2v) is 6.27. The molecule has 0 radical (unpaired) electrons. The van der Waals surface area contributed by atoms with Gasteiger partial charge in [0, 0.05) is 27.7 Å². The number of hydrogen-bond acceptors (Lipinski definition) is 2. The number of hydrogen-bond donors (Lipinski definition) is 0. The lowest BCUT2D eigenvalue weighted by Gasteiger charge is -2.04. The van der Waals surface area contributed by atoms with Crippen LogP contribution in [0.1, 0.15) is 9.88 Å². The van der Waals surface area contributed by atoms with Crippen molar-refractivity contribution >= 4 is 45.4 Å². The molecule has 0 fully saturated rings. The Balaban J connectivity index is 2.07. The van der Waals surface area contributed by atoms with Gasteiger partial charge in [-0.1, -0.05) is 23.2 Å². The number of aryl methyl sites for hydroxylation is 1. The summed E-state index contributed by atoms with van der Waals surface area (Å²) in [4.78, 5) is 5.49. The standard InChI is InChI=1S/C13H10Cl2N2S/c1-8-16-6-10(18-8)7-17-3-2-11-12(15)4-9(14)5-13(11)17/h2-6H,7H2,1H3. The fourth-order valence-corrected chi connectivity index (χ4v) is 3.34. The van der Waals surface area contributed by atoms with Gasteiger partial charge in [0.2, 0.25) is 0 Å². The van der Waals surface area contributed by atoms with Crippen LogP contribution in [0.5, 0.6) is 0 Å². The molecule has 1 aromatic carbocycles. The summed E-state index contributed by atoms with van der Waals surface area (Å²) in [7, 11) is 0. The SMILES string of the molecule is Cc1ncc(Cn2ccc3c(Cl)cc(Cl)cc32)s1. The smallest absolute Gasteiger partial charge is 0.0897 e. The zero-order valence-corrected chi connectivity index (χ0v) is 12.0. The maximum absolute atomic E-state index is 6.18. The summed E-state index contributed by atoms with van der Waals surface area (Å²) in [6.45, 7) is 2.81. The third kappa shape index (κ3) is 2.14. The van der Waals surface area contributed by atoms with Crippen LogP contribution in [-0.2, 0) is 6.54 Å². The Morgan fingerprint density at radius 1 is 1.33 bits per heavy atom. The molecule has 2 aromatic heterocycles. The Hall–Kier alpha value is -1.03. The summed E-state index contributed by atoms with van der Waals surface area (Å²) in [5.74, 6) is 0. The van der Waals surface area contributed by atoms with E-state index in [4.69, 9.17) is 23.2 Å². The molecule has 0 unspecified atom stereocenters. The molecule has 0 bridgehead atoms. The van der Waals surface area contributed by atoms with Crippen molar-refractivity contribution in [3.8, 4) is 0 Å². The second kappa shape index (κ2) is 4.57.